The molecule has 2 atom stereocenters. The Kier molecular flexibility index (Phi) is 5.53. The molecule has 0 radical (unpaired) electrons. The minimum absolute atomic E-state index is 0.207. The van der Waals surface area contributed by atoms with Gasteiger partial charge in [0.05, 0.1) is 5.56 Å². The zero-order valence-electron chi connectivity index (χ0n) is 16.3. The number of pyridine rings is 2. The summed E-state index contributed by atoms with van der Waals surface area (Å²) in [6.45, 7) is 6.38. The third kappa shape index (κ3) is 3.98. The molecule has 0 bridgehead atoms. The van der Waals surface area contributed by atoms with Crippen LogP contribution in [0.2, 0.25) is 0 Å². The topological polar surface area (TPSA) is 84.1 Å². The molecule has 1 aliphatic heterocycles. The van der Waals surface area contributed by atoms with Crippen molar-refractivity contribution in [3.8, 4) is 0 Å². The van der Waals surface area contributed by atoms with Gasteiger partial charge < -0.3 is 16.0 Å². The molecule has 1 aliphatic carbocycles. The Hall–Kier alpha value is -3.25. The third-order valence-electron chi connectivity index (χ3n) is 5.49. The number of aromatic nitrogens is 2. The first-order chi connectivity index (χ1) is 14.2. The zero-order chi connectivity index (χ0) is 20.2. The first kappa shape index (κ1) is 19.1. The summed E-state index contributed by atoms with van der Waals surface area (Å²) in [7, 11) is 0. The number of allylic oxidation sites excluding steroid dienone is 3. The van der Waals surface area contributed by atoms with Crippen LogP contribution in [0.1, 0.15) is 28.0 Å². The predicted octanol–water partition coefficient (Wildman–Crippen LogP) is 2.84. The highest BCUT2D eigenvalue weighted by Crippen LogP contribution is 2.24. The molecule has 4 rings (SSSR count). The van der Waals surface area contributed by atoms with E-state index in [4.69, 9.17) is 10.7 Å². The van der Waals surface area contributed by atoms with Gasteiger partial charge in [0.2, 0.25) is 5.78 Å². The molecule has 2 aromatic heterocycles. The summed E-state index contributed by atoms with van der Waals surface area (Å²) in [5.74, 6) is 1.23. The molecule has 0 saturated carbocycles. The number of hydrogen-bond acceptors (Lipinski definition) is 6. The van der Waals surface area contributed by atoms with E-state index in [-0.39, 0.29) is 11.6 Å². The Balaban J connectivity index is 1.61. The number of nitrogen functional groups attached to an aromatic ring is 1. The Morgan fingerprint density at radius 1 is 1.31 bits per heavy atom. The van der Waals surface area contributed by atoms with Crippen molar-refractivity contribution in [1.82, 2.24) is 15.3 Å². The number of ketones is 1. The van der Waals surface area contributed by atoms with Crippen molar-refractivity contribution < 1.29 is 4.79 Å². The van der Waals surface area contributed by atoms with Gasteiger partial charge in [-0.15, -0.1) is 0 Å². The van der Waals surface area contributed by atoms with Crippen LogP contribution in [0.25, 0.3) is 6.08 Å². The molecule has 2 aliphatic rings. The molecule has 1 saturated heterocycles. The normalized spacial score (nSPS) is 21.2. The number of carbonyl (C=O) groups excluding carboxylic acids is 1. The van der Waals surface area contributed by atoms with Gasteiger partial charge in [0, 0.05) is 37.4 Å². The number of anilines is 2. The van der Waals surface area contributed by atoms with Crippen molar-refractivity contribution in [1.29, 1.82) is 0 Å². The summed E-state index contributed by atoms with van der Waals surface area (Å²) < 4.78 is 0. The predicted molar refractivity (Wildman–Crippen MR) is 117 cm³/mol. The van der Waals surface area contributed by atoms with E-state index in [1.165, 1.54) is 0 Å². The van der Waals surface area contributed by atoms with E-state index >= 15 is 0 Å². The van der Waals surface area contributed by atoms with Crippen LogP contribution in [0.5, 0.6) is 0 Å². The summed E-state index contributed by atoms with van der Waals surface area (Å²) >= 11 is 0. The van der Waals surface area contributed by atoms with Gasteiger partial charge in [-0.25, -0.2) is 9.97 Å². The van der Waals surface area contributed by atoms with E-state index in [9.17, 15) is 4.79 Å². The van der Waals surface area contributed by atoms with Gasteiger partial charge >= 0.3 is 0 Å². The van der Waals surface area contributed by atoms with E-state index in [0.717, 1.165) is 31.9 Å². The molecule has 3 heterocycles. The van der Waals surface area contributed by atoms with Gasteiger partial charge in [0.1, 0.15) is 17.3 Å². The highest BCUT2D eigenvalue weighted by molar-refractivity contribution is 6.12. The average Bonchev–Trinajstić information content (AvgIpc) is 2.79. The highest BCUT2D eigenvalue weighted by atomic mass is 16.1. The first-order valence-corrected chi connectivity index (χ1v) is 9.87. The van der Waals surface area contributed by atoms with Crippen molar-refractivity contribution >= 4 is 23.5 Å². The molecule has 3 N–H and O–H groups in total. The lowest BCUT2D eigenvalue weighted by molar-refractivity contribution is 0.103. The number of carbonyl (C=O) groups is 1. The molecular weight excluding hydrogens is 362 g/mol. The Morgan fingerprint density at radius 3 is 2.97 bits per heavy atom. The summed E-state index contributed by atoms with van der Waals surface area (Å²) in [6, 6.07) is 7.58. The van der Waals surface area contributed by atoms with Gasteiger partial charge in [-0.1, -0.05) is 37.0 Å². The van der Waals surface area contributed by atoms with Gasteiger partial charge in [0.15, 0.2) is 0 Å². The van der Waals surface area contributed by atoms with Crippen molar-refractivity contribution in [2.75, 3.05) is 30.3 Å². The van der Waals surface area contributed by atoms with E-state index in [1.807, 2.05) is 12.1 Å². The van der Waals surface area contributed by atoms with Crippen molar-refractivity contribution in [3.05, 3.63) is 78.2 Å². The van der Waals surface area contributed by atoms with Crippen LogP contribution in [0.4, 0.5) is 11.6 Å². The van der Waals surface area contributed by atoms with Crippen molar-refractivity contribution in [3.63, 3.8) is 0 Å². The van der Waals surface area contributed by atoms with Gasteiger partial charge in [-0.05, 0) is 36.6 Å². The number of piperazine rings is 1. The SMILES string of the molecule is C=Cc1ccc(N2CCN[C@@H](C3C=CC=CC3)C2)nc1C(=O)c1cccnc1N. The van der Waals surface area contributed by atoms with Gasteiger partial charge in [-0.2, -0.15) is 0 Å². The fourth-order valence-corrected chi connectivity index (χ4v) is 3.89. The van der Waals surface area contributed by atoms with Crippen molar-refractivity contribution in [2.45, 2.75) is 12.5 Å². The molecule has 148 valence electrons. The second-order valence-corrected chi connectivity index (χ2v) is 7.30. The fourth-order valence-electron chi connectivity index (χ4n) is 3.89. The molecule has 6 nitrogen and oxygen atoms in total. The standard InChI is InChI=1S/C23H25N5O/c1-2-16-10-11-20(27-21(16)22(29)18-9-6-12-26-23(18)24)28-14-13-25-19(15-28)17-7-4-3-5-8-17/h2-7,9-12,17,19,25H,1,8,13-15H2,(H2,24,26)/t17?,19-/m1/s1. The maximum atomic E-state index is 13.1. The van der Waals surface area contributed by atoms with Crippen LogP contribution in [0.3, 0.4) is 0 Å². The van der Waals surface area contributed by atoms with Gasteiger partial charge in [-0.3, -0.25) is 4.79 Å². The maximum absolute atomic E-state index is 13.1. The van der Waals surface area contributed by atoms with Crippen LogP contribution in [-0.2, 0) is 0 Å². The van der Waals surface area contributed by atoms with Crippen LogP contribution in [0.15, 0.2) is 61.3 Å². The fraction of sp³-hybridized carbons (Fsp3) is 0.261. The lowest BCUT2D eigenvalue weighted by Gasteiger charge is -2.38. The van der Waals surface area contributed by atoms with E-state index in [0.29, 0.717) is 28.8 Å². The Bertz CT molecular complexity index is 981. The summed E-state index contributed by atoms with van der Waals surface area (Å²) in [4.78, 5) is 24.1. The quantitative estimate of drug-likeness (QED) is 0.768. The molecule has 0 amide bonds. The maximum Gasteiger partial charge on any atom is 0.215 e. The second-order valence-electron chi connectivity index (χ2n) is 7.30. The van der Waals surface area contributed by atoms with Crippen LogP contribution >= 0.6 is 0 Å². The molecule has 6 heteroatoms. The lowest BCUT2D eigenvalue weighted by atomic mass is 9.91. The van der Waals surface area contributed by atoms with Gasteiger partial charge in [0.25, 0.3) is 0 Å². The Labute approximate surface area is 170 Å². The summed E-state index contributed by atoms with van der Waals surface area (Å²) in [5.41, 5.74) is 7.32. The van der Waals surface area contributed by atoms with Crippen molar-refractivity contribution in [2.24, 2.45) is 5.92 Å². The summed E-state index contributed by atoms with van der Waals surface area (Å²) in [5, 5.41) is 3.62. The number of nitrogens with zero attached hydrogens (tertiary/aromatic N) is 3. The molecule has 1 fully saturated rings. The largest absolute Gasteiger partial charge is 0.383 e. The van der Waals surface area contributed by atoms with Crippen LogP contribution in [0, 0.1) is 5.92 Å². The monoisotopic (exact) mass is 387 g/mol. The minimum atomic E-state index is -0.237. The molecule has 2 aromatic rings. The smallest absolute Gasteiger partial charge is 0.215 e. The van der Waals surface area contributed by atoms with E-state index in [1.54, 1.807) is 24.4 Å². The molecule has 0 aromatic carbocycles. The van der Waals surface area contributed by atoms with Crippen LogP contribution in [-0.4, -0.2) is 41.4 Å². The third-order valence-corrected chi connectivity index (χ3v) is 5.49. The number of nitrogens with two attached hydrogens (primary N) is 1. The second kappa shape index (κ2) is 8.41. The zero-order valence-corrected chi connectivity index (χ0v) is 16.3. The average molecular weight is 387 g/mol. The lowest BCUT2D eigenvalue weighted by Crippen LogP contribution is -2.54. The molecular formula is C23H25N5O. The summed E-state index contributed by atoms with van der Waals surface area (Å²) in [6.07, 6.45) is 12.9. The van der Waals surface area contributed by atoms with E-state index in [2.05, 4.69) is 46.1 Å². The van der Waals surface area contributed by atoms with E-state index < -0.39 is 0 Å². The number of rotatable bonds is 5. The highest BCUT2D eigenvalue weighted by Gasteiger charge is 2.27. The first-order valence-electron chi connectivity index (χ1n) is 9.87. The molecule has 29 heavy (non-hydrogen) atoms. The molecule has 1 unspecified atom stereocenters. The number of hydrogen-bond donors (Lipinski definition) is 2. The Morgan fingerprint density at radius 2 is 2.21 bits per heavy atom. The molecule has 0 spiro atoms. The minimum Gasteiger partial charge on any atom is -0.383 e. The number of nitrogens with one attached hydrogen (secondary N) is 1. The van der Waals surface area contributed by atoms with Crippen LogP contribution < -0.4 is 16.0 Å².